The molecule has 23 nitrogen and oxygen atoms in total. The maximum atomic E-state index is 14.6. The fourth-order valence-corrected chi connectivity index (χ4v) is 8.13. The third-order valence-corrected chi connectivity index (χ3v) is 11.9. The SMILES string of the molecule is CC(=O)[C@@H]1CCCNC(=O)C[C@@H]2NC(=O)N(C2=O)[C@H](C)C(=O)N[C@@H](Cc2cnc[nH]2)C(=O)N[C@H](Cc2ccccc2)C(=O)N[C@@H](CCCNC(=N)N)C(=O)N[C@@H](Cc2c[nH]c3ccccc23)C(=O)N1. The molecule has 0 radical (unpaired) electrons. The number of nitrogens with two attached hydrogens (primary N) is 1. The molecule has 2 bridgehead atoms. The van der Waals surface area contributed by atoms with E-state index in [1.165, 1.54) is 26.4 Å². The summed E-state index contributed by atoms with van der Waals surface area (Å²) in [6.45, 7) is 2.74. The summed E-state index contributed by atoms with van der Waals surface area (Å²) in [5, 5.41) is 29.8. The molecule has 4 aromatic rings. The summed E-state index contributed by atoms with van der Waals surface area (Å²) in [5.41, 5.74) is 7.98. The minimum atomic E-state index is -1.46. The maximum absolute atomic E-state index is 14.6. The van der Waals surface area contributed by atoms with E-state index in [1.807, 2.05) is 24.3 Å². The Balaban J connectivity index is 1.36. The lowest BCUT2D eigenvalue weighted by atomic mass is 10.0. The second kappa shape index (κ2) is 23.6. The van der Waals surface area contributed by atoms with Crippen LogP contribution in [0.5, 0.6) is 0 Å². The number of benzene rings is 2. The van der Waals surface area contributed by atoms with Gasteiger partial charge in [-0.15, -0.1) is 0 Å². The summed E-state index contributed by atoms with van der Waals surface area (Å²) in [6, 6.07) is 5.87. The van der Waals surface area contributed by atoms with Crippen molar-refractivity contribution in [2.45, 2.75) is 108 Å². The van der Waals surface area contributed by atoms with E-state index < -0.39 is 102 Å². The zero-order valence-electron chi connectivity index (χ0n) is 38.2. The number of hydrogen-bond donors (Lipinski definition) is 12. The van der Waals surface area contributed by atoms with Crippen molar-refractivity contribution in [3.05, 3.63) is 90.1 Å². The van der Waals surface area contributed by atoms with Crippen LogP contribution >= 0.6 is 0 Å². The number of guanidine groups is 1. The molecule has 2 aromatic heterocycles. The molecule has 0 aliphatic carbocycles. The van der Waals surface area contributed by atoms with Crippen LogP contribution in [0.4, 0.5) is 4.79 Å². The zero-order valence-corrected chi connectivity index (χ0v) is 38.2. The van der Waals surface area contributed by atoms with E-state index in [0.717, 1.165) is 10.9 Å². The highest BCUT2D eigenvalue weighted by molar-refractivity contribution is 6.09. The van der Waals surface area contributed by atoms with Crippen molar-refractivity contribution in [3.8, 4) is 0 Å². The van der Waals surface area contributed by atoms with Crippen LogP contribution in [0.25, 0.3) is 10.9 Å². The Morgan fingerprint density at radius 2 is 1.42 bits per heavy atom. The minimum absolute atomic E-state index is 0.0241. The molecular formula is C46H58N14O9. The van der Waals surface area contributed by atoms with E-state index in [0.29, 0.717) is 21.7 Å². The Kier molecular flexibility index (Phi) is 17.2. The van der Waals surface area contributed by atoms with Crippen LogP contribution in [0.1, 0.15) is 62.8 Å². The quantitative estimate of drug-likeness (QED) is 0.0366. The van der Waals surface area contributed by atoms with E-state index in [4.69, 9.17) is 11.1 Å². The van der Waals surface area contributed by atoms with E-state index >= 15 is 0 Å². The number of carbonyl (C=O) groups is 9. The number of imide groups is 1. The molecule has 7 atom stereocenters. The standard InChI is InChI=1S/C46H58N14O9/c1-25-39(63)56-36(20-29-23-49-24-53-29)43(67)57-34(18-27-10-4-3-5-11-27)41(65)55-33(15-9-17-51-45(47)48)40(64)58-35(19-28-22-52-32-13-7-6-12-30(28)32)42(66)54-31(26(2)61)14-8-16-50-38(62)21-37-44(68)60(25)46(69)59-37/h3-7,10-13,22-25,31,33-37,52H,8-9,14-21H2,1-2H3,(H,49,53)(H,50,62)(H,54,66)(H,55,65)(H,56,63)(H,57,67)(H,58,64)(H,59,69)(H4,47,48,51)/t25-,31+,33+,34-,35+,36+,37+/m1/s1. The van der Waals surface area contributed by atoms with Gasteiger partial charge in [-0.3, -0.25) is 48.7 Å². The Labute approximate surface area is 396 Å². The molecular weight excluding hydrogens is 893 g/mol. The van der Waals surface area contributed by atoms with E-state index in [1.54, 1.807) is 36.5 Å². The lowest BCUT2D eigenvalue weighted by Gasteiger charge is -2.28. The van der Waals surface area contributed by atoms with Gasteiger partial charge in [0.05, 0.1) is 18.8 Å². The summed E-state index contributed by atoms with van der Waals surface area (Å²) < 4.78 is 0. The van der Waals surface area contributed by atoms with Crippen molar-refractivity contribution in [1.82, 2.24) is 62.4 Å². The van der Waals surface area contributed by atoms with Crippen LogP contribution < -0.4 is 48.3 Å². The van der Waals surface area contributed by atoms with Gasteiger partial charge in [0.1, 0.15) is 36.3 Å². The predicted octanol–water partition coefficient (Wildman–Crippen LogP) is -1.20. The largest absolute Gasteiger partial charge is 0.370 e. The van der Waals surface area contributed by atoms with Gasteiger partial charge in [-0.05, 0) is 56.7 Å². The number of ketones is 1. The first-order valence-corrected chi connectivity index (χ1v) is 22.6. The first-order chi connectivity index (χ1) is 33.1. The lowest BCUT2D eigenvalue weighted by Crippen LogP contribution is -2.60. The third kappa shape index (κ3) is 13.7. The number of aromatic amines is 2. The molecule has 13 N–H and O–H groups in total. The number of fused-ring (bicyclic) bond motifs is 3. The summed E-state index contributed by atoms with van der Waals surface area (Å²) in [6.07, 6.45) is 4.15. The molecule has 69 heavy (non-hydrogen) atoms. The second-order valence-electron chi connectivity index (χ2n) is 17.0. The third-order valence-electron chi connectivity index (χ3n) is 11.9. The van der Waals surface area contributed by atoms with E-state index in [2.05, 4.69) is 57.5 Å². The van der Waals surface area contributed by atoms with Gasteiger partial charge in [0, 0.05) is 61.3 Å². The van der Waals surface area contributed by atoms with Crippen molar-refractivity contribution in [2.75, 3.05) is 13.1 Å². The Morgan fingerprint density at radius 3 is 2.12 bits per heavy atom. The number of nitrogens with zero attached hydrogens (tertiary/aromatic N) is 2. The van der Waals surface area contributed by atoms with Gasteiger partial charge in [0.2, 0.25) is 35.4 Å². The molecule has 2 aliphatic rings. The molecule has 4 heterocycles. The molecule has 6 rings (SSSR count). The van der Waals surface area contributed by atoms with Gasteiger partial charge in [-0.25, -0.2) is 9.78 Å². The molecule has 2 aliphatic heterocycles. The van der Waals surface area contributed by atoms with Crippen molar-refractivity contribution >= 4 is 70.0 Å². The van der Waals surface area contributed by atoms with Gasteiger partial charge in [-0.1, -0.05) is 48.5 Å². The average molecular weight is 951 g/mol. The highest BCUT2D eigenvalue weighted by Crippen LogP contribution is 2.20. The number of rotatable bonds is 11. The van der Waals surface area contributed by atoms with Crippen LogP contribution in [0, 0.1) is 5.41 Å². The number of imidazole rings is 1. The van der Waals surface area contributed by atoms with Crippen molar-refractivity contribution in [1.29, 1.82) is 5.41 Å². The topological polar surface area (TPSA) is 347 Å². The fourth-order valence-electron chi connectivity index (χ4n) is 8.13. The summed E-state index contributed by atoms with van der Waals surface area (Å²) in [7, 11) is 0. The zero-order chi connectivity index (χ0) is 49.6. The number of Topliss-reactive ketones (excluding diaryl/α,β-unsaturated/α-hetero) is 1. The number of aromatic nitrogens is 3. The smallest absolute Gasteiger partial charge is 0.325 e. The van der Waals surface area contributed by atoms with Crippen LogP contribution in [-0.4, -0.2) is 134 Å². The van der Waals surface area contributed by atoms with Gasteiger partial charge >= 0.3 is 6.03 Å². The van der Waals surface area contributed by atoms with Crippen LogP contribution in [0.3, 0.4) is 0 Å². The normalized spacial score (nSPS) is 23.8. The van der Waals surface area contributed by atoms with Gasteiger partial charge < -0.3 is 58.2 Å². The van der Waals surface area contributed by atoms with Crippen molar-refractivity contribution in [3.63, 3.8) is 0 Å². The molecule has 0 saturated carbocycles. The Hall–Kier alpha value is -8.11. The molecule has 2 saturated heterocycles. The Morgan fingerprint density at radius 1 is 0.783 bits per heavy atom. The number of urea groups is 1. The van der Waals surface area contributed by atoms with Crippen LogP contribution in [0.2, 0.25) is 0 Å². The summed E-state index contributed by atoms with van der Waals surface area (Å²) in [5.74, 6) is -6.22. The fraction of sp³-hybridized carbons (Fsp3) is 0.413. The number of carbonyl (C=O) groups excluding carboxylic acids is 9. The highest BCUT2D eigenvalue weighted by Gasteiger charge is 2.44. The predicted molar refractivity (Wildman–Crippen MR) is 249 cm³/mol. The van der Waals surface area contributed by atoms with E-state index in [-0.39, 0.29) is 64.0 Å². The summed E-state index contributed by atoms with van der Waals surface area (Å²) >= 11 is 0. The summed E-state index contributed by atoms with van der Waals surface area (Å²) in [4.78, 5) is 135. The van der Waals surface area contributed by atoms with Crippen molar-refractivity contribution in [2.24, 2.45) is 5.73 Å². The highest BCUT2D eigenvalue weighted by atomic mass is 16.2. The van der Waals surface area contributed by atoms with Crippen LogP contribution in [0.15, 0.2) is 73.3 Å². The molecule has 2 aromatic carbocycles. The average Bonchev–Trinajstić information content (AvgIpc) is 4.06. The number of hydrogen-bond acceptors (Lipinski definition) is 11. The van der Waals surface area contributed by atoms with Gasteiger partial charge in [-0.2, -0.15) is 0 Å². The number of para-hydroxylation sites is 1. The molecule has 9 amide bonds. The molecule has 2 fully saturated rings. The Bertz CT molecular complexity index is 2530. The van der Waals surface area contributed by atoms with Crippen molar-refractivity contribution < 1.29 is 43.2 Å². The number of H-pyrrole nitrogens is 2. The monoisotopic (exact) mass is 950 g/mol. The van der Waals surface area contributed by atoms with Crippen LogP contribution in [-0.2, 0) is 57.6 Å². The number of nitrogens with one attached hydrogen (secondary N) is 11. The first kappa shape index (κ1) is 50.3. The van der Waals surface area contributed by atoms with E-state index in [9.17, 15) is 43.2 Å². The first-order valence-electron chi connectivity index (χ1n) is 22.6. The molecule has 366 valence electrons. The van der Waals surface area contributed by atoms with Gasteiger partial charge in [0.25, 0.3) is 5.91 Å². The molecule has 0 spiro atoms. The molecule has 0 unspecified atom stereocenters. The molecule has 23 heteroatoms. The lowest BCUT2D eigenvalue weighted by molar-refractivity contribution is -0.138. The minimum Gasteiger partial charge on any atom is -0.370 e. The van der Waals surface area contributed by atoms with Gasteiger partial charge in [0.15, 0.2) is 11.7 Å². The maximum Gasteiger partial charge on any atom is 0.325 e. The second-order valence-corrected chi connectivity index (χ2v) is 17.0. The number of amides is 9.